The maximum Gasteiger partial charge on any atom is 0.158 e. The van der Waals surface area contributed by atoms with Crippen LogP contribution in [0.1, 0.15) is 18.1 Å². The van der Waals surface area contributed by atoms with Crippen LogP contribution in [0, 0.1) is 0 Å². The molecule has 0 aliphatic carbocycles. The van der Waals surface area contributed by atoms with Crippen molar-refractivity contribution in [2.45, 2.75) is 26.0 Å². The van der Waals surface area contributed by atoms with E-state index >= 15 is 0 Å². The van der Waals surface area contributed by atoms with Crippen molar-refractivity contribution in [3.8, 4) is 0 Å². The van der Waals surface area contributed by atoms with E-state index in [1.807, 2.05) is 4.57 Å². The van der Waals surface area contributed by atoms with Crippen LogP contribution in [0.25, 0.3) is 0 Å². The predicted octanol–water partition coefficient (Wildman–Crippen LogP) is -0.283. The molecule has 54 valence electrons. The minimum absolute atomic E-state index is 0.00694. The lowest BCUT2D eigenvalue weighted by molar-refractivity contribution is 0.265. The standard InChI is InChI=1S/C6H9N3O/c10-4-6-8-7-5-2-1-3-9(5)6/h10H,1-4H2. The van der Waals surface area contributed by atoms with Gasteiger partial charge in [-0.1, -0.05) is 0 Å². The fourth-order valence-corrected chi connectivity index (χ4v) is 1.33. The molecule has 2 heterocycles. The molecule has 1 aromatic rings. The van der Waals surface area contributed by atoms with Gasteiger partial charge in [0.1, 0.15) is 12.4 Å². The molecule has 4 nitrogen and oxygen atoms in total. The summed E-state index contributed by atoms with van der Waals surface area (Å²) in [4.78, 5) is 0. The predicted molar refractivity (Wildman–Crippen MR) is 34.3 cm³/mol. The molecule has 1 N–H and O–H groups in total. The highest BCUT2D eigenvalue weighted by atomic mass is 16.3. The molecule has 1 aromatic heterocycles. The average Bonchev–Trinajstić information content (AvgIpc) is 2.44. The summed E-state index contributed by atoms with van der Waals surface area (Å²) in [6.07, 6.45) is 2.14. The average molecular weight is 139 g/mol. The van der Waals surface area contributed by atoms with E-state index in [0.717, 1.165) is 25.2 Å². The third-order valence-corrected chi connectivity index (χ3v) is 1.83. The van der Waals surface area contributed by atoms with Crippen molar-refractivity contribution >= 4 is 0 Å². The van der Waals surface area contributed by atoms with E-state index in [-0.39, 0.29) is 6.61 Å². The van der Waals surface area contributed by atoms with Crippen LogP contribution in [0.15, 0.2) is 0 Å². The highest BCUT2D eigenvalue weighted by Gasteiger charge is 2.15. The normalized spacial score (nSPS) is 15.7. The lowest BCUT2D eigenvalue weighted by Crippen LogP contribution is -1.99. The number of hydrogen-bond acceptors (Lipinski definition) is 3. The summed E-state index contributed by atoms with van der Waals surface area (Å²) in [5.41, 5.74) is 0. The van der Waals surface area contributed by atoms with Crippen molar-refractivity contribution in [2.24, 2.45) is 0 Å². The van der Waals surface area contributed by atoms with Gasteiger partial charge in [-0.15, -0.1) is 10.2 Å². The third-order valence-electron chi connectivity index (χ3n) is 1.83. The van der Waals surface area contributed by atoms with E-state index in [4.69, 9.17) is 5.11 Å². The van der Waals surface area contributed by atoms with Gasteiger partial charge in [-0.25, -0.2) is 0 Å². The zero-order valence-corrected chi connectivity index (χ0v) is 5.62. The Hall–Kier alpha value is -0.900. The zero-order chi connectivity index (χ0) is 6.97. The van der Waals surface area contributed by atoms with Crippen molar-refractivity contribution < 1.29 is 5.11 Å². The fourth-order valence-electron chi connectivity index (χ4n) is 1.33. The van der Waals surface area contributed by atoms with Crippen molar-refractivity contribution in [3.05, 3.63) is 11.6 Å². The van der Waals surface area contributed by atoms with Gasteiger partial charge in [0.15, 0.2) is 5.82 Å². The summed E-state index contributed by atoms with van der Waals surface area (Å²) in [6, 6.07) is 0. The number of rotatable bonds is 1. The largest absolute Gasteiger partial charge is 0.388 e. The molecule has 2 rings (SSSR count). The van der Waals surface area contributed by atoms with Gasteiger partial charge < -0.3 is 9.67 Å². The van der Waals surface area contributed by atoms with Crippen LogP contribution in [0.2, 0.25) is 0 Å². The Morgan fingerprint density at radius 3 is 3.20 bits per heavy atom. The minimum atomic E-state index is 0.00694. The van der Waals surface area contributed by atoms with Crippen molar-refractivity contribution in [1.29, 1.82) is 0 Å². The highest BCUT2D eigenvalue weighted by molar-refractivity contribution is 4.98. The Morgan fingerprint density at radius 1 is 1.50 bits per heavy atom. The van der Waals surface area contributed by atoms with E-state index in [0.29, 0.717) is 5.82 Å². The molecule has 10 heavy (non-hydrogen) atoms. The molecule has 0 radical (unpaired) electrons. The highest BCUT2D eigenvalue weighted by Crippen LogP contribution is 2.13. The van der Waals surface area contributed by atoms with Gasteiger partial charge in [-0.2, -0.15) is 0 Å². The monoisotopic (exact) mass is 139 g/mol. The van der Waals surface area contributed by atoms with Gasteiger partial charge in [0.25, 0.3) is 0 Å². The fraction of sp³-hybridized carbons (Fsp3) is 0.667. The molecule has 0 atom stereocenters. The first-order chi connectivity index (χ1) is 4.92. The van der Waals surface area contributed by atoms with Crippen LogP contribution >= 0.6 is 0 Å². The van der Waals surface area contributed by atoms with E-state index in [1.54, 1.807) is 0 Å². The van der Waals surface area contributed by atoms with Crippen LogP contribution < -0.4 is 0 Å². The van der Waals surface area contributed by atoms with E-state index < -0.39 is 0 Å². The maximum absolute atomic E-state index is 8.77. The molecular formula is C6H9N3O. The van der Waals surface area contributed by atoms with E-state index in [2.05, 4.69) is 10.2 Å². The first-order valence-corrected chi connectivity index (χ1v) is 3.43. The second-order valence-electron chi connectivity index (χ2n) is 2.45. The minimum Gasteiger partial charge on any atom is -0.388 e. The molecule has 0 saturated heterocycles. The summed E-state index contributed by atoms with van der Waals surface area (Å²) in [5, 5.41) is 16.5. The Morgan fingerprint density at radius 2 is 2.40 bits per heavy atom. The van der Waals surface area contributed by atoms with Gasteiger partial charge in [0.05, 0.1) is 0 Å². The molecule has 0 unspecified atom stereocenters. The quantitative estimate of drug-likeness (QED) is 0.582. The second kappa shape index (κ2) is 2.05. The van der Waals surface area contributed by atoms with Crippen molar-refractivity contribution in [1.82, 2.24) is 14.8 Å². The molecule has 4 heteroatoms. The summed E-state index contributed by atoms with van der Waals surface area (Å²) in [5.74, 6) is 1.72. The molecule has 0 aromatic carbocycles. The first-order valence-electron chi connectivity index (χ1n) is 3.43. The van der Waals surface area contributed by atoms with Crippen LogP contribution in [0.3, 0.4) is 0 Å². The maximum atomic E-state index is 8.77. The molecule has 0 fully saturated rings. The lowest BCUT2D eigenvalue weighted by atomic mass is 10.4. The topological polar surface area (TPSA) is 50.9 Å². The van der Waals surface area contributed by atoms with Gasteiger partial charge in [0.2, 0.25) is 0 Å². The van der Waals surface area contributed by atoms with Gasteiger partial charge in [0, 0.05) is 13.0 Å². The molecular weight excluding hydrogens is 130 g/mol. The van der Waals surface area contributed by atoms with Gasteiger partial charge in [-0.05, 0) is 6.42 Å². The van der Waals surface area contributed by atoms with Crippen LogP contribution in [-0.4, -0.2) is 19.9 Å². The van der Waals surface area contributed by atoms with Crippen LogP contribution in [0.4, 0.5) is 0 Å². The Kier molecular flexibility index (Phi) is 1.20. The summed E-state index contributed by atoms with van der Waals surface area (Å²) in [6.45, 7) is 0.977. The Bertz CT molecular complexity index is 243. The molecule has 1 aliphatic heterocycles. The molecule has 0 bridgehead atoms. The molecule has 0 amide bonds. The Labute approximate surface area is 58.5 Å². The summed E-state index contributed by atoms with van der Waals surface area (Å²) >= 11 is 0. The number of nitrogens with zero attached hydrogens (tertiary/aromatic N) is 3. The molecule has 0 saturated carbocycles. The number of aliphatic hydroxyl groups is 1. The van der Waals surface area contributed by atoms with Gasteiger partial charge in [-0.3, -0.25) is 0 Å². The third kappa shape index (κ3) is 0.654. The number of fused-ring (bicyclic) bond motifs is 1. The number of aryl methyl sites for hydroxylation is 1. The second-order valence-corrected chi connectivity index (χ2v) is 2.45. The van der Waals surface area contributed by atoms with E-state index in [9.17, 15) is 0 Å². The van der Waals surface area contributed by atoms with Crippen LogP contribution in [0.5, 0.6) is 0 Å². The van der Waals surface area contributed by atoms with Gasteiger partial charge >= 0.3 is 0 Å². The molecule has 0 spiro atoms. The number of hydrogen-bond donors (Lipinski definition) is 1. The van der Waals surface area contributed by atoms with Crippen molar-refractivity contribution in [2.75, 3.05) is 0 Å². The lowest BCUT2D eigenvalue weighted by Gasteiger charge is -1.96. The smallest absolute Gasteiger partial charge is 0.158 e. The summed E-state index contributed by atoms with van der Waals surface area (Å²) in [7, 11) is 0. The molecule has 1 aliphatic rings. The number of aromatic nitrogens is 3. The van der Waals surface area contributed by atoms with E-state index in [1.165, 1.54) is 0 Å². The zero-order valence-electron chi connectivity index (χ0n) is 5.62. The first kappa shape index (κ1) is 5.85. The van der Waals surface area contributed by atoms with Crippen LogP contribution in [-0.2, 0) is 19.6 Å². The summed E-state index contributed by atoms with van der Waals surface area (Å²) < 4.78 is 1.99. The SMILES string of the molecule is OCc1nnc2n1CCC2. The Balaban J connectivity index is 2.44. The number of aliphatic hydroxyl groups excluding tert-OH is 1. The van der Waals surface area contributed by atoms with Crippen molar-refractivity contribution in [3.63, 3.8) is 0 Å².